The van der Waals surface area contributed by atoms with E-state index in [1.54, 1.807) is 19.2 Å². The van der Waals surface area contributed by atoms with Crippen molar-refractivity contribution in [3.63, 3.8) is 0 Å². The second-order valence-corrected chi connectivity index (χ2v) is 7.33. The Kier molecular flexibility index (Phi) is 17.3. The zero-order valence-corrected chi connectivity index (χ0v) is 20.8. The van der Waals surface area contributed by atoms with Crippen LogP contribution in [0.1, 0.15) is 58.9 Å². The molecule has 0 spiro atoms. The molecule has 33 heavy (non-hydrogen) atoms. The Balaban J connectivity index is 0.00000497. The molecule has 6 nitrogen and oxygen atoms in total. The molecule has 1 amide bonds. The number of nitrogens with one attached hydrogen (secondary N) is 2. The van der Waals surface area contributed by atoms with Gasteiger partial charge in [0, 0.05) is 12.5 Å². The zero-order valence-electron chi connectivity index (χ0n) is 20.8. The summed E-state index contributed by atoms with van der Waals surface area (Å²) in [6.45, 7) is 11.7. The summed E-state index contributed by atoms with van der Waals surface area (Å²) in [5.41, 5.74) is 1.73. The van der Waals surface area contributed by atoms with Gasteiger partial charge in [0.25, 0.3) is 0 Å². The van der Waals surface area contributed by atoms with Gasteiger partial charge < -0.3 is 20.5 Å². The Morgan fingerprint density at radius 1 is 1.18 bits per heavy atom. The van der Waals surface area contributed by atoms with Crippen LogP contribution in [0.2, 0.25) is 0 Å². The monoisotopic (exact) mass is 458 g/mol. The molecule has 0 saturated carbocycles. The van der Waals surface area contributed by atoms with E-state index in [0.717, 1.165) is 24.0 Å². The van der Waals surface area contributed by atoms with Crippen LogP contribution < -0.4 is 10.6 Å². The number of hydrogen-bond donors (Lipinski definition) is 3. The molecule has 0 aliphatic carbocycles. The second kappa shape index (κ2) is 18.8. The maximum Gasteiger partial charge on any atom is 0.329 e. The van der Waals surface area contributed by atoms with Crippen LogP contribution in [0, 0.1) is 0 Å². The smallest absolute Gasteiger partial charge is 0.329 e. The SMILES string of the molecule is C=C/C=C\C(=C/C)CC(NC(=O)CC(O)[C@H](CCC)NC)C(=O)OCc1ccccc1.CC. The highest BCUT2D eigenvalue weighted by Gasteiger charge is 2.26. The van der Waals surface area contributed by atoms with Gasteiger partial charge in [0.2, 0.25) is 5.91 Å². The molecule has 0 aromatic heterocycles. The first-order valence-electron chi connectivity index (χ1n) is 11.7. The molecule has 0 heterocycles. The van der Waals surface area contributed by atoms with E-state index in [9.17, 15) is 14.7 Å². The highest BCUT2D eigenvalue weighted by molar-refractivity contribution is 5.85. The normalized spacial score (nSPS) is 13.9. The van der Waals surface area contributed by atoms with E-state index < -0.39 is 24.0 Å². The number of amides is 1. The lowest BCUT2D eigenvalue weighted by molar-refractivity contribution is -0.149. The van der Waals surface area contributed by atoms with Crippen molar-refractivity contribution in [1.82, 2.24) is 10.6 Å². The van der Waals surface area contributed by atoms with E-state index in [4.69, 9.17) is 4.74 Å². The molecule has 2 unspecified atom stereocenters. The van der Waals surface area contributed by atoms with Crippen LogP contribution in [0.15, 0.2) is 66.8 Å². The van der Waals surface area contributed by atoms with Crippen molar-refractivity contribution in [2.45, 2.75) is 78.2 Å². The van der Waals surface area contributed by atoms with Gasteiger partial charge in [-0.2, -0.15) is 0 Å². The molecule has 0 bridgehead atoms. The molecule has 6 heteroatoms. The predicted octanol–water partition coefficient (Wildman–Crippen LogP) is 4.46. The van der Waals surface area contributed by atoms with Crippen molar-refractivity contribution in [2.75, 3.05) is 7.05 Å². The summed E-state index contributed by atoms with van der Waals surface area (Å²) in [5.74, 6) is -0.912. The van der Waals surface area contributed by atoms with Gasteiger partial charge in [0.05, 0.1) is 12.5 Å². The average Bonchev–Trinajstić information content (AvgIpc) is 2.84. The number of ether oxygens (including phenoxy) is 1. The zero-order chi connectivity index (χ0) is 25.1. The molecule has 0 fully saturated rings. The third-order valence-electron chi connectivity index (χ3n) is 4.93. The molecule has 3 N–H and O–H groups in total. The van der Waals surface area contributed by atoms with Gasteiger partial charge in [-0.25, -0.2) is 4.79 Å². The summed E-state index contributed by atoms with van der Waals surface area (Å²) in [6.07, 6.45) is 8.11. The van der Waals surface area contributed by atoms with E-state index >= 15 is 0 Å². The maximum atomic E-state index is 12.8. The molecule has 1 aromatic rings. The van der Waals surface area contributed by atoms with Gasteiger partial charge in [-0.05, 0) is 31.5 Å². The minimum atomic E-state index is -0.858. The van der Waals surface area contributed by atoms with Gasteiger partial charge in [0.15, 0.2) is 0 Å². The van der Waals surface area contributed by atoms with Crippen LogP contribution in [0.4, 0.5) is 0 Å². The van der Waals surface area contributed by atoms with Crippen LogP contribution in [-0.2, 0) is 20.9 Å². The van der Waals surface area contributed by atoms with E-state index in [0.29, 0.717) is 0 Å². The standard InChI is InChI=1S/C25H36N2O4.C2H6/c1-5-8-13-19(7-3)16-22(25(30)31-18-20-14-10-9-11-15-20)27-24(29)17-23(28)21(26-4)12-6-2;1-2/h5,7-11,13-15,21-23,26,28H,1,6,12,16-18H2,2-4H3,(H,27,29);1-2H3/b13-8-,19-7+;/t21-,22?,23?;/m0./s1. The van der Waals surface area contributed by atoms with Crippen LogP contribution in [0.25, 0.3) is 0 Å². The molecule has 184 valence electrons. The number of hydrogen-bond acceptors (Lipinski definition) is 5. The van der Waals surface area contributed by atoms with Gasteiger partial charge in [-0.15, -0.1) is 0 Å². The van der Waals surface area contributed by atoms with Crippen molar-refractivity contribution >= 4 is 11.9 Å². The molecule has 1 aromatic carbocycles. The lowest BCUT2D eigenvalue weighted by Gasteiger charge is -2.23. The van der Waals surface area contributed by atoms with Crippen LogP contribution >= 0.6 is 0 Å². The fourth-order valence-corrected chi connectivity index (χ4v) is 3.16. The third-order valence-corrected chi connectivity index (χ3v) is 4.93. The number of rotatable bonds is 14. The summed E-state index contributed by atoms with van der Waals surface area (Å²) in [5, 5.41) is 16.2. The third kappa shape index (κ3) is 12.8. The number of aliphatic hydroxyl groups excluding tert-OH is 1. The highest BCUT2D eigenvalue weighted by atomic mass is 16.5. The summed E-state index contributed by atoms with van der Waals surface area (Å²) in [6, 6.07) is 8.33. The quantitative estimate of drug-likeness (QED) is 0.283. The number of esters is 1. The Bertz CT molecular complexity index is 744. The molecule has 0 radical (unpaired) electrons. The van der Waals surface area contributed by atoms with Crippen LogP contribution in [0.5, 0.6) is 0 Å². The van der Waals surface area contributed by atoms with E-state index in [-0.39, 0.29) is 25.5 Å². The number of carbonyl (C=O) groups excluding carboxylic acids is 2. The Morgan fingerprint density at radius 3 is 2.39 bits per heavy atom. The molecule has 0 aliphatic heterocycles. The lowest BCUT2D eigenvalue weighted by atomic mass is 10.0. The van der Waals surface area contributed by atoms with E-state index in [1.807, 2.05) is 70.2 Å². The molecule has 1 rings (SSSR count). The molecular weight excluding hydrogens is 416 g/mol. The fourth-order valence-electron chi connectivity index (χ4n) is 3.16. The summed E-state index contributed by atoms with van der Waals surface area (Å²) in [4.78, 5) is 25.4. The Hall–Kier alpha value is -2.70. The number of benzene rings is 1. The van der Waals surface area contributed by atoms with Crippen molar-refractivity contribution in [3.8, 4) is 0 Å². The fraction of sp³-hybridized carbons (Fsp3) is 0.481. The first-order chi connectivity index (χ1) is 15.9. The average molecular weight is 459 g/mol. The van der Waals surface area contributed by atoms with Crippen LogP contribution in [0.3, 0.4) is 0 Å². The number of carbonyl (C=O) groups is 2. The van der Waals surface area contributed by atoms with Crippen molar-refractivity contribution in [3.05, 3.63) is 72.4 Å². The topological polar surface area (TPSA) is 87.7 Å². The van der Waals surface area contributed by atoms with Gasteiger partial charge in [0.1, 0.15) is 12.6 Å². The summed E-state index contributed by atoms with van der Waals surface area (Å²) >= 11 is 0. The Morgan fingerprint density at radius 2 is 1.85 bits per heavy atom. The lowest BCUT2D eigenvalue weighted by Crippen LogP contribution is -2.46. The molecular formula is C27H42N2O4. The minimum absolute atomic E-state index is 0.0956. The predicted molar refractivity (Wildman–Crippen MR) is 136 cm³/mol. The summed E-state index contributed by atoms with van der Waals surface area (Å²) in [7, 11) is 1.76. The molecule has 0 aliphatic rings. The van der Waals surface area contributed by atoms with Crippen molar-refractivity contribution < 1.29 is 19.4 Å². The molecule has 3 atom stereocenters. The van der Waals surface area contributed by atoms with Gasteiger partial charge in [-0.1, -0.05) is 88.4 Å². The van der Waals surface area contributed by atoms with Crippen molar-refractivity contribution in [2.24, 2.45) is 0 Å². The number of aliphatic hydroxyl groups is 1. The first-order valence-corrected chi connectivity index (χ1v) is 11.7. The minimum Gasteiger partial charge on any atom is -0.459 e. The first kappa shape index (κ1) is 30.3. The van der Waals surface area contributed by atoms with Crippen molar-refractivity contribution in [1.29, 1.82) is 0 Å². The second-order valence-electron chi connectivity index (χ2n) is 7.33. The molecule has 0 saturated heterocycles. The van der Waals surface area contributed by atoms with Gasteiger partial charge >= 0.3 is 5.97 Å². The largest absolute Gasteiger partial charge is 0.459 e. The highest BCUT2D eigenvalue weighted by Crippen LogP contribution is 2.12. The number of allylic oxidation sites excluding steroid dienone is 4. The maximum absolute atomic E-state index is 12.8. The van der Waals surface area contributed by atoms with E-state index in [1.165, 1.54) is 0 Å². The van der Waals surface area contributed by atoms with Gasteiger partial charge in [-0.3, -0.25) is 4.79 Å². The summed E-state index contributed by atoms with van der Waals surface area (Å²) < 4.78 is 5.45. The van der Waals surface area contributed by atoms with E-state index in [2.05, 4.69) is 17.2 Å². The Labute approximate surface area is 199 Å². The van der Waals surface area contributed by atoms with Crippen LogP contribution in [-0.4, -0.2) is 42.2 Å². The number of likely N-dealkylation sites (N-methyl/N-ethyl adjacent to an activating group) is 1.